The fourth-order valence-corrected chi connectivity index (χ4v) is 2.41. The standard InChI is InChI=1S/C8H5BrN2S2/c9-7-8(12)13-10-11(7)6-4-2-1-3-5-6/h1-5H/p+1. The van der Waals surface area contributed by atoms with E-state index in [1.807, 2.05) is 35.0 Å². The highest BCUT2D eigenvalue weighted by atomic mass is 79.9. The van der Waals surface area contributed by atoms with Crippen molar-refractivity contribution in [3.05, 3.63) is 38.8 Å². The van der Waals surface area contributed by atoms with Crippen molar-refractivity contribution in [2.75, 3.05) is 0 Å². The first-order chi connectivity index (χ1) is 6.29. The third kappa shape index (κ3) is 1.72. The van der Waals surface area contributed by atoms with Crippen LogP contribution in [0, 0.1) is 3.82 Å². The topological polar surface area (TPSA) is 19.7 Å². The SMILES string of the molecule is S=c1s[nH][n+](-c2ccccc2)c1Br. The Balaban J connectivity index is 2.60. The lowest BCUT2D eigenvalue weighted by Gasteiger charge is -1.88. The summed E-state index contributed by atoms with van der Waals surface area (Å²) >= 11 is 9.95. The fraction of sp³-hybridized carbons (Fsp3) is 0. The molecule has 5 heteroatoms. The van der Waals surface area contributed by atoms with E-state index in [0.717, 1.165) is 14.1 Å². The Labute approximate surface area is 93.1 Å². The van der Waals surface area contributed by atoms with Gasteiger partial charge in [0.05, 0.1) is 0 Å². The molecule has 2 nitrogen and oxygen atoms in total. The molecule has 0 fully saturated rings. The Morgan fingerprint density at radius 1 is 1.31 bits per heavy atom. The van der Waals surface area contributed by atoms with Gasteiger partial charge in [0.25, 0.3) is 0 Å². The molecule has 13 heavy (non-hydrogen) atoms. The maximum Gasteiger partial charge on any atom is 0.308 e. The summed E-state index contributed by atoms with van der Waals surface area (Å²) < 4.78 is 6.73. The quantitative estimate of drug-likeness (QED) is 0.626. The number of hydrogen-bond acceptors (Lipinski definition) is 2. The number of nitrogens with one attached hydrogen (secondary N) is 1. The molecular formula is C8H6BrN2S2+. The number of para-hydroxylation sites is 1. The van der Waals surface area contributed by atoms with E-state index in [0.29, 0.717) is 0 Å². The molecule has 1 heterocycles. The molecular weight excluding hydrogens is 268 g/mol. The zero-order valence-corrected chi connectivity index (χ0v) is 9.75. The molecule has 0 atom stereocenters. The minimum Gasteiger partial charge on any atom is -0.109 e. The molecule has 0 radical (unpaired) electrons. The van der Waals surface area contributed by atoms with Gasteiger partial charge >= 0.3 is 4.60 Å². The van der Waals surface area contributed by atoms with Crippen molar-refractivity contribution in [2.45, 2.75) is 0 Å². The van der Waals surface area contributed by atoms with Gasteiger partial charge in [-0.2, -0.15) is 0 Å². The Morgan fingerprint density at radius 2 is 2.00 bits per heavy atom. The summed E-state index contributed by atoms with van der Waals surface area (Å²) in [6.45, 7) is 0. The van der Waals surface area contributed by atoms with E-state index < -0.39 is 0 Å². The Morgan fingerprint density at radius 3 is 2.54 bits per heavy atom. The van der Waals surface area contributed by atoms with Crippen LogP contribution in [-0.4, -0.2) is 4.49 Å². The van der Waals surface area contributed by atoms with Gasteiger partial charge in [0.15, 0.2) is 3.82 Å². The van der Waals surface area contributed by atoms with Crippen molar-refractivity contribution in [1.29, 1.82) is 0 Å². The summed E-state index contributed by atoms with van der Waals surface area (Å²) in [5.41, 5.74) is 1.07. The van der Waals surface area contributed by atoms with Gasteiger partial charge in [-0.25, -0.2) is 0 Å². The van der Waals surface area contributed by atoms with Gasteiger partial charge in [0, 0.05) is 39.6 Å². The van der Waals surface area contributed by atoms with Crippen molar-refractivity contribution < 1.29 is 4.68 Å². The number of aromatic amines is 1. The van der Waals surface area contributed by atoms with Gasteiger partial charge in [0.2, 0.25) is 5.69 Å². The van der Waals surface area contributed by atoms with Crippen LogP contribution < -0.4 is 4.68 Å². The van der Waals surface area contributed by atoms with Crippen LogP contribution in [0.5, 0.6) is 0 Å². The van der Waals surface area contributed by atoms with Crippen molar-refractivity contribution in [3.8, 4) is 5.69 Å². The van der Waals surface area contributed by atoms with Gasteiger partial charge in [0.1, 0.15) is 0 Å². The molecule has 2 rings (SSSR count). The average Bonchev–Trinajstić information content (AvgIpc) is 2.49. The van der Waals surface area contributed by atoms with Crippen molar-refractivity contribution in [2.24, 2.45) is 0 Å². The second-order valence-corrected chi connectivity index (χ2v) is 4.66. The van der Waals surface area contributed by atoms with E-state index in [4.69, 9.17) is 12.2 Å². The number of nitrogens with zero attached hydrogens (tertiary/aromatic N) is 1. The summed E-state index contributed by atoms with van der Waals surface area (Å²) in [6, 6.07) is 10.00. The van der Waals surface area contributed by atoms with Gasteiger partial charge < -0.3 is 0 Å². The van der Waals surface area contributed by atoms with E-state index in [2.05, 4.69) is 20.4 Å². The van der Waals surface area contributed by atoms with Crippen LogP contribution in [0.3, 0.4) is 0 Å². The van der Waals surface area contributed by atoms with Gasteiger partial charge in [-0.3, -0.25) is 0 Å². The molecule has 1 aromatic carbocycles. The molecule has 0 amide bonds. The fourth-order valence-electron chi connectivity index (χ4n) is 1.00. The van der Waals surface area contributed by atoms with E-state index >= 15 is 0 Å². The molecule has 0 aliphatic carbocycles. The monoisotopic (exact) mass is 273 g/mol. The highest BCUT2D eigenvalue weighted by Crippen LogP contribution is 2.11. The van der Waals surface area contributed by atoms with Crippen LogP contribution in [0.1, 0.15) is 0 Å². The average molecular weight is 274 g/mol. The van der Waals surface area contributed by atoms with Crippen LogP contribution in [0.25, 0.3) is 5.69 Å². The first kappa shape index (κ1) is 9.05. The van der Waals surface area contributed by atoms with E-state index in [1.165, 1.54) is 11.5 Å². The second-order valence-electron chi connectivity index (χ2n) is 2.44. The van der Waals surface area contributed by atoms with Gasteiger partial charge in [-0.05, 0) is 0 Å². The number of rotatable bonds is 1. The molecule has 1 aromatic heterocycles. The molecule has 0 spiro atoms. The Bertz CT molecular complexity index is 460. The number of hydrogen-bond donors (Lipinski definition) is 1. The number of H-pyrrole nitrogens is 1. The molecule has 0 aliphatic rings. The maximum absolute atomic E-state index is 5.09. The van der Waals surface area contributed by atoms with Crippen LogP contribution >= 0.6 is 39.7 Å². The predicted octanol–water partition coefficient (Wildman–Crippen LogP) is 2.84. The highest BCUT2D eigenvalue weighted by Gasteiger charge is 2.14. The zero-order chi connectivity index (χ0) is 9.26. The van der Waals surface area contributed by atoms with E-state index in [9.17, 15) is 0 Å². The van der Waals surface area contributed by atoms with E-state index in [-0.39, 0.29) is 0 Å². The van der Waals surface area contributed by atoms with Crippen LogP contribution in [-0.2, 0) is 0 Å². The van der Waals surface area contributed by atoms with Crippen LogP contribution in [0.2, 0.25) is 0 Å². The number of halogens is 1. The minimum atomic E-state index is 0.823. The predicted molar refractivity (Wildman–Crippen MR) is 58.7 cm³/mol. The van der Waals surface area contributed by atoms with Crippen LogP contribution in [0.15, 0.2) is 34.9 Å². The highest BCUT2D eigenvalue weighted by molar-refractivity contribution is 9.10. The first-order valence-electron chi connectivity index (χ1n) is 3.63. The summed E-state index contributed by atoms with van der Waals surface area (Å²) in [7, 11) is 0. The number of aromatic nitrogens is 2. The smallest absolute Gasteiger partial charge is 0.109 e. The van der Waals surface area contributed by atoms with Crippen LogP contribution in [0.4, 0.5) is 0 Å². The summed E-state index contributed by atoms with van der Waals surface area (Å²) in [4.78, 5) is 0. The third-order valence-corrected chi connectivity index (χ3v) is 3.98. The molecule has 0 saturated carbocycles. The molecule has 0 unspecified atom stereocenters. The Hall–Kier alpha value is -0.520. The minimum absolute atomic E-state index is 0.823. The molecule has 0 bridgehead atoms. The molecule has 0 aliphatic heterocycles. The van der Waals surface area contributed by atoms with Crippen molar-refractivity contribution in [1.82, 2.24) is 4.49 Å². The maximum atomic E-state index is 5.09. The van der Waals surface area contributed by atoms with E-state index in [1.54, 1.807) is 0 Å². The van der Waals surface area contributed by atoms with Crippen molar-refractivity contribution >= 4 is 39.7 Å². The lowest BCUT2D eigenvalue weighted by molar-refractivity contribution is -0.662. The lowest BCUT2D eigenvalue weighted by atomic mass is 10.3. The molecule has 1 N–H and O–H groups in total. The lowest BCUT2D eigenvalue weighted by Crippen LogP contribution is -2.32. The zero-order valence-electron chi connectivity index (χ0n) is 6.53. The van der Waals surface area contributed by atoms with Gasteiger partial charge in [-0.15, -0.1) is 4.49 Å². The summed E-state index contributed by atoms with van der Waals surface area (Å²) in [6.07, 6.45) is 0. The molecule has 2 aromatic rings. The third-order valence-electron chi connectivity index (χ3n) is 1.61. The van der Waals surface area contributed by atoms with Crippen molar-refractivity contribution in [3.63, 3.8) is 0 Å². The summed E-state index contributed by atoms with van der Waals surface area (Å²) in [5, 5.41) is 0. The summed E-state index contributed by atoms with van der Waals surface area (Å²) in [5.74, 6) is 0. The number of benzene rings is 1. The van der Waals surface area contributed by atoms with Gasteiger partial charge in [-0.1, -0.05) is 35.1 Å². The largest absolute Gasteiger partial charge is 0.308 e. The first-order valence-corrected chi connectivity index (χ1v) is 5.65. The second kappa shape index (κ2) is 3.69. The normalized spacial score (nSPS) is 10.2. The Kier molecular flexibility index (Phi) is 2.57. The molecule has 66 valence electrons. The molecule has 0 saturated heterocycles.